The number of unbranched alkanes of at least 4 members (excludes halogenated alkanes) is 3. The van der Waals surface area contributed by atoms with Crippen LogP contribution in [0.25, 0.3) is 0 Å². The monoisotopic (exact) mass is 428 g/mol. The van der Waals surface area contributed by atoms with Crippen molar-refractivity contribution in [1.29, 1.82) is 0 Å². The summed E-state index contributed by atoms with van der Waals surface area (Å²) in [5.74, 6) is 0.804. The Hall–Kier alpha value is -1.39. The van der Waals surface area contributed by atoms with Gasteiger partial charge in [-0.3, -0.25) is 4.57 Å². The standard InChI is InChI=1S/C19H23Cl2N2O3P/c1-16-6-8-17(9-7-16)22-23-18-10-12-19(13-11-18)25-14-4-2-3-5-15-26-27(20,21)24/h6-13H,2-5,14-15H2,1H3. The number of azo groups is 1. The number of hydrogen-bond acceptors (Lipinski definition) is 5. The first kappa shape index (κ1) is 21.9. The van der Waals surface area contributed by atoms with Crippen molar-refractivity contribution >= 4 is 39.9 Å². The maximum atomic E-state index is 10.9. The maximum Gasteiger partial charge on any atom is 0.380 e. The van der Waals surface area contributed by atoms with Crippen molar-refractivity contribution in [3.05, 3.63) is 54.1 Å². The van der Waals surface area contributed by atoms with Gasteiger partial charge in [0.05, 0.1) is 24.6 Å². The molecule has 2 aromatic carbocycles. The molecule has 0 spiro atoms. The number of rotatable bonds is 11. The first-order valence-electron chi connectivity index (χ1n) is 8.77. The summed E-state index contributed by atoms with van der Waals surface area (Å²) in [6, 6.07) is 15.4. The molecule has 2 aromatic rings. The number of nitrogens with zero attached hydrogens (tertiary/aromatic N) is 2. The smallest absolute Gasteiger partial charge is 0.380 e. The van der Waals surface area contributed by atoms with E-state index >= 15 is 0 Å². The summed E-state index contributed by atoms with van der Waals surface area (Å²) >= 11 is 10.6. The lowest BCUT2D eigenvalue weighted by atomic mass is 10.2. The SMILES string of the molecule is Cc1ccc(N=Nc2ccc(OCCCCCCOP(=O)(Cl)Cl)cc2)cc1. The second-order valence-electron chi connectivity index (χ2n) is 6.04. The molecular formula is C19H23Cl2N2O3P. The molecule has 0 aliphatic rings. The molecule has 0 radical (unpaired) electrons. The zero-order valence-corrected chi connectivity index (χ0v) is 17.6. The number of halogens is 2. The Labute approximate surface area is 169 Å². The number of hydrogen-bond donors (Lipinski definition) is 0. The van der Waals surface area contributed by atoms with E-state index in [2.05, 4.69) is 10.2 Å². The molecular weight excluding hydrogens is 406 g/mol. The zero-order valence-electron chi connectivity index (χ0n) is 15.2. The Bertz CT molecular complexity index is 762. The molecule has 0 saturated carbocycles. The van der Waals surface area contributed by atoms with Crippen LogP contribution >= 0.6 is 28.6 Å². The molecule has 2 rings (SSSR count). The zero-order chi connectivity index (χ0) is 19.5. The van der Waals surface area contributed by atoms with Crippen LogP contribution in [0.3, 0.4) is 0 Å². The molecule has 0 amide bonds. The first-order valence-corrected chi connectivity index (χ1v) is 12.2. The van der Waals surface area contributed by atoms with Gasteiger partial charge in [-0.25, -0.2) is 0 Å². The minimum atomic E-state index is -3.39. The summed E-state index contributed by atoms with van der Waals surface area (Å²) in [6.45, 7) is 2.98. The predicted molar refractivity (Wildman–Crippen MR) is 111 cm³/mol. The van der Waals surface area contributed by atoms with E-state index in [0.717, 1.165) is 42.8 Å². The van der Waals surface area contributed by atoms with Crippen LogP contribution in [0.15, 0.2) is 58.8 Å². The molecule has 0 aliphatic heterocycles. The Morgan fingerprint density at radius 3 is 1.89 bits per heavy atom. The third-order valence-corrected chi connectivity index (χ3v) is 4.77. The van der Waals surface area contributed by atoms with Crippen molar-refractivity contribution in [2.24, 2.45) is 10.2 Å². The lowest BCUT2D eigenvalue weighted by Gasteiger charge is -2.07. The predicted octanol–water partition coefficient (Wildman–Crippen LogP) is 7.95. The van der Waals surface area contributed by atoms with Gasteiger partial charge >= 0.3 is 6.07 Å². The highest BCUT2D eigenvalue weighted by Gasteiger charge is 2.12. The van der Waals surface area contributed by atoms with Crippen LogP contribution in [0.1, 0.15) is 31.2 Å². The summed E-state index contributed by atoms with van der Waals surface area (Å²) < 4.78 is 21.4. The van der Waals surface area contributed by atoms with Crippen molar-refractivity contribution in [3.63, 3.8) is 0 Å². The average molecular weight is 429 g/mol. The largest absolute Gasteiger partial charge is 0.494 e. The average Bonchev–Trinajstić information content (AvgIpc) is 2.63. The van der Waals surface area contributed by atoms with Gasteiger partial charge in [0, 0.05) is 0 Å². The summed E-state index contributed by atoms with van der Waals surface area (Å²) in [5.41, 5.74) is 2.80. The normalized spacial score (nSPS) is 11.8. The minimum Gasteiger partial charge on any atom is -0.494 e. The van der Waals surface area contributed by atoms with Crippen LogP contribution in [0.2, 0.25) is 0 Å². The van der Waals surface area contributed by atoms with Gasteiger partial charge in [0.1, 0.15) is 5.75 Å². The third kappa shape index (κ3) is 9.92. The molecule has 0 aromatic heterocycles. The fourth-order valence-electron chi connectivity index (χ4n) is 2.25. The molecule has 8 heteroatoms. The summed E-state index contributed by atoms with van der Waals surface area (Å²) in [6.07, 6.45) is 0.229. The molecule has 0 atom stereocenters. The Kier molecular flexibility index (Phi) is 9.29. The minimum absolute atomic E-state index is 0.309. The van der Waals surface area contributed by atoms with E-state index in [1.54, 1.807) is 0 Å². The van der Waals surface area contributed by atoms with Crippen LogP contribution in [0, 0.1) is 6.92 Å². The molecule has 0 N–H and O–H groups in total. The maximum absolute atomic E-state index is 10.9. The van der Waals surface area contributed by atoms with E-state index in [1.807, 2.05) is 55.5 Å². The lowest BCUT2D eigenvalue weighted by Crippen LogP contribution is -1.97. The van der Waals surface area contributed by atoms with Gasteiger partial charge in [-0.05, 0) is 85.1 Å². The summed E-state index contributed by atoms with van der Waals surface area (Å²) in [5, 5.41) is 8.43. The van der Waals surface area contributed by atoms with Crippen molar-refractivity contribution in [3.8, 4) is 5.75 Å². The first-order chi connectivity index (χ1) is 12.9. The molecule has 0 bridgehead atoms. The lowest BCUT2D eigenvalue weighted by molar-refractivity contribution is 0.293. The Morgan fingerprint density at radius 1 is 0.815 bits per heavy atom. The summed E-state index contributed by atoms with van der Waals surface area (Å²) in [4.78, 5) is 0. The molecule has 27 heavy (non-hydrogen) atoms. The fraction of sp³-hybridized carbons (Fsp3) is 0.368. The van der Waals surface area contributed by atoms with E-state index in [4.69, 9.17) is 31.7 Å². The molecule has 0 unspecified atom stereocenters. The summed E-state index contributed by atoms with van der Waals surface area (Å²) in [7, 11) is 0. The van der Waals surface area contributed by atoms with Crippen LogP contribution in [-0.2, 0) is 9.09 Å². The Morgan fingerprint density at radius 2 is 1.33 bits per heavy atom. The second kappa shape index (κ2) is 11.5. The van der Waals surface area contributed by atoms with Gasteiger partial charge in [0.2, 0.25) is 0 Å². The fourth-order valence-corrected chi connectivity index (χ4v) is 3.01. The van der Waals surface area contributed by atoms with Gasteiger partial charge in [-0.1, -0.05) is 24.1 Å². The van der Waals surface area contributed by atoms with E-state index < -0.39 is 6.07 Å². The van der Waals surface area contributed by atoms with Gasteiger partial charge in [-0.2, -0.15) is 10.2 Å². The van der Waals surface area contributed by atoms with Gasteiger partial charge in [-0.15, -0.1) is 0 Å². The molecule has 146 valence electrons. The van der Waals surface area contributed by atoms with Crippen molar-refractivity contribution in [1.82, 2.24) is 0 Å². The second-order valence-corrected chi connectivity index (χ2v) is 10.3. The highest BCUT2D eigenvalue weighted by Crippen LogP contribution is 2.57. The molecule has 0 fully saturated rings. The van der Waals surface area contributed by atoms with Crippen LogP contribution in [0.4, 0.5) is 11.4 Å². The number of aryl methyl sites for hydroxylation is 1. The molecule has 0 aliphatic carbocycles. The number of ether oxygens (including phenoxy) is 1. The molecule has 0 saturated heterocycles. The van der Waals surface area contributed by atoms with Crippen molar-refractivity contribution in [2.75, 3.05) is 13.2 Å². The highest BCUT2D eigenvalue weighted by atomic mass is 35.9. The van der Waals surface area contributed by atoms with Crippen LogP contribution < -0.4 is 4.74 Å². The van der Waals surface area contributed by atoms with E-state index in [-0.39, 0.29) is 0 Å². The third-order valence-electron chi connectivity index (χ3n) is 3.70. The van der Waals surface area contributed by atoms with Crippen LogP contribution in [0.5, 0.6) is 5.75 Å². The van der Waals surface area contributed by atoms with E-state index in [1.165, 1.54) is 5.56 Å². The van der Waals surface area contributed by atoms with Gasteiger partial charge < -0.3 is 9.26 Å². The van der Waals surface area contributed by atoms with Crippen molar-refractivity contribution < 1.29 is 13.8 Å². The van der Waals surface area contributed by atoms with Gasteiger partial charge in [0.25, 0.3) is 0 Å². The molecule has 0 heterocycles. The molecule has 5 nitrogen and oxygen atoms in total. The van der Waals surface area contributed by atoms with Crippen LogP contribution in [-0.4, -0.2) is 13.2 Å². The highest BCUT2D eigenvalue weighted by molar-refractivity contribution is 8.05. The Balaban J connectivity index is 1.63. The van der Waals surface area contributed by atoms with Crippen molar-refractivity contribution in [2.45, 2.75) is 32.6 Å². The van der Waals surface area contributed by atoms with Gasteiger partial charge in [0.15, 0.2) is 0 Å². The van der Waals surface area contributed by atoms with E-state index in [9.17, 15) is 4.57 Å². The number of benzene rings is 2. The quantitative estimate of drug-likeness (QED) is 0.207. The topological polar surface area (TPSA) is 60.3 Å². The van der Waals surface area contributed by atoms with E-state index in [0.29, 0.717) is 13.2 Å².